The van der Waals surface area contributed by atoms with Gasteiger partial charge in [-0.25, -0.2) is 4.79 Å². The highest BCUT2D eigenvalue weighted by Gasteiger charge is 2.29. The molecule has 1 heterocycles. The molecule has 26 heavy (non-hydrogen) atoms. The first-order valence-corrected chi connectivity index (χ1v) is 9.14. The number of carbonyl (C=O) groups excluding carboxylic acids is 1. The summed E-state index contributed by atoms with van der Waals surface area (Å²) < 4.78 is 0. The molecular weight excluding hydrogens is 326 g/mol. The number of fused-ring (bicyclic) bond motifs is 1. The lowest BCUT2D eigenvalue weighted by Crippen LogP contribution is -2.37. The van der Waals surface area contributed by atoms with Crippen molar-refractivity contribution < 1.29 is 14.7 Å². The Kier molecular flexibility index (Phi) is 5.12. The first kappa shape index (κ1) is 18.2. The second-order valence-corrected chi connectivity index (χ2v) is 7.43. The van der Waals surface area contributed by atoms with Gasteiger partial charge in [0, 0.05) is 12.1 Å². The number of amides is 1. The zero-order valence-corrected chi connectivity index (χ0v) is 15.5. The van der Waals surface area contributed by atoms with Crippen molar-refractivity contribution in [3.8, 4) is 0 Å². The monoisotopic (exact) mass is 351 g/mol. The van der Waals surface area contributed by atoms with E-state index in [9.17, 15) is 14.7 Å². The average molecular weight is 351 g/mol. The Hall–Kier alpha value is -2.62. The highest BCUT2D eigenvalue weighted by molar-refractivity contribution is 5.98. The number of benzene rings is 2. The zero-order valence-electron chi connectivity index (χ0n) is 15.5. The number of aryl methyl sites for hydroxylation is 1. The van der Waals surface area contributed by atoms with Crippen molar-refractivity contribution in [1.82, 2.24) is 0 Å². The number of carboxylic acid groups (broad SMARTS) is 1. The quantitative estimate of drug-likeness (QED) is 0.855. The van der Waals surface area contributed by atoms with Gasteiger partial charge >= 0.3 is 5.97 Å². The Morgan fingerprint density at radius 2 is 1.77 bits per heavy atom. The molecule has 0 bridgehead atoms. The molecule has 4 nitrogen and oxygen atoms in total. The maximum atomic E-state index is 12.6. The maximum Gasteiger partial charge on any atom is 0.335 e. The van der Waals surface area contributed by atoms with Gasteiger partial charge in [-0.2, -0.15) is 0 Å². The molecule has 0 aliphatic carbocycles. The number of carboxylic acids is 1. The average Bonchev–Trinajstić information content (AvgIpc) is 2.60. The molecule has 1 aliphatic rings. The van der Waals surface area contributed by atoms with Crippen LogP contribution in [0.1, 0.15) is 60.3 Å². The predicted octanol–water partition coefficient (Wildman–Crippen LogP) is 4.62. The molecule has 136 valence electrons. The van der Waals surface area contributed by atoms with Crippen molar-refractivity contribution in [2.75, 3.05) is 4.90 Å². The minimum Gasteiger partial charge on any atom is -0.478 e. The summed E-state index contributed by atoms with van der Waals surface area (Å²) in [6.07, 6.45) is 2.04. The zero-order chi connectivity index (χ0) is 18.8. The maximum absolute atomic E-state index is 12.6. The van der Waals surface area contributed by atoms with Gasteiger partial charge in [0.1, 0.15) is 0 Å². The van der Waals surface area contributed by atoms with E-state index in [1.165, 1.54) is 5.56 Å². The standard InChI is InChI=1S/C22H25NO3/c1-14(2)12-16-4-6-17(7-5-16)15(3)23-20-10-8-19(22(25)26)13-18(20)9-11-21(23)24/h4-8,10,13-15H,9,11-12H2,1-3H3,(H,25,26). The first-order valence-electron chi connectivity index (χ1n) is 9.14. The summed E-state index contributed by atoms with van der Waals surface area (Å²) in [6, 6.07) is 13.4. The largest absolute Gasteiger partial charge is 0.478 e. The summed E-state index contributed by atoms with van der Waals surface area (Å²) >= 11 is 0. The molecule has 2 aromatic carbocycles. The second-order valence-electron chi connectivity index (χ2n) is 7.43. The molecule has 1 atom stereocenters. The molecule has 3 rings (SSSR count). The number of carbonyl (C=O) groups is 2. The van der Waals surface area contributed by atoms with Crippen LogP contribution in [0.2, 0.25) is 0 Å². The first-order chi connectivity index (χ1) is 12.4. The second kappa shape index (κ2) is 7.32. The lowest BCUT2D eigenvalue weighted by molar-refractivity contribution is -0.119. The lowest BCUT2D eigenvalue weighted by atomic mass is 9.94. The van der Waals surface area contributed by atoms with Crippen LogP contribution in [0.15, 0.2) is 42.5 Å². The van der Waals surface area contributed by atoms with Gasteiger partial charge in [-0.3, -0.25) is 4.79 Å². The number of nitrogens with zero attached hydrogens (tertiary/aromatic N) is 1. The van der Waals surface area contributed by atoms with Crippen LogP contribution in [0.5, 0.6) is 0 Å². The summed E-state index contributed by atoms with van der Waals surface area (Å²) in [6.45, 7) is 6.42. The normalized spacial score (nSPS) is 15.1. The Labute approximate surface area is 154 Å². The molecule has 0 spiro atoms. The van der Waals surface area contributed by atoms with Gasteiger partial charge in [-0.1, -0.05) is 38.1 Å². The van der Waals surface area contributed by atoms with Crippen LogP contribution in [0, 0.1) is 5.92 Å². The SMILES string of the molecule is CC(C)Cc1ccc(C(C)N2C(=O)CCc3cc(C(=O)O)ccc32)cc1. The van der Waals surface area contributed by atoms with Crippen LogP contribution >= 0.6 is 0 Å². The van der Waals surface area contributed by atoms with Gasteiger partial charge in [-0.15, -0.1) is 0 Å². The minimum absolute atomic E-state index is 0.0827. The van der Waals surface area contributed by atoms with Gasteiger partial charge in [-0.05, 0) is 60.6 Å². The van der Waals surface area contributed by atoms with Crippen LogP contribution in [0.4, 0.5) is 5.69 Å². The van der Waals surface area contributed by atoms with E-state index in [0.717, 1.165) is 23.2 Å². The van der Waals surface area contributed by atoms with Crippen molar-refractivity contribution in [2.45, 2.75) is 46.1 Å². The summed E-state index contributed by atoms with van der Waals surface area (Å²) in [5.41, 5.74) is 4.40. The predicted molar refractivity (Wildman–Crippen MR) is 103 cm³/mol. The van der Waals surface area contributed by atoms with Crippen LogP contribution in [0.3, 0.4) is 0 Å². The third-order valence-corrected chi connectivity index (χ3v) is 4.96. The fourth-order valence-corrected chi connectivity index (χ4v) is 3.63. The molecule has 0 fully saturated rings. The molecule has 1 aliphatic heterocycles. The fraction of sp³-hybridized carbons (Fsp3) is 0.364. The Bertz CT molecular complexity index is 824. The van der Waals surface area contributed by atoms with E-state index < -0.39 is 5.97 Å². The summed E-state index contributed by atoms with van der Waals surface area (Å²) in [5, 5.41) is 9.20. The summed E-state index contributed by atoms with van der Waals surface area (Å²) in [4.78, 5) is 25.6. The van der Waals surface area contributed by atoms with E-state index in [1.807, 2.05) is 11.8 Å². The molecule has 1 amide bonds. The summed E-state index contributed by atoms with van der Waals surface area (Å²) in [5.74, 6) is -0.248. The Morgan fingerprint density at radius 3 is 2.38 bits per heavy atom. The van der Waals surface area contributed by atoms with E-state index in [4.69, 9.17) is 0 Å². The number of hydrogen-bond donors (Lipinski definition) is 1. The topological polar surface area (TPSA) is 57.6 Å². The Balaban J connectivity index is 1.91. The third-order valence-electron chi connectivity index (χ3n) is 4.96. The van der Waals surface area contributed by atoms with Crippen LogP contribution in [-0.4, -0.2) is 17.0 Å². The smallest absolute Gasteiger partial charge is 0.335 e. The van der Waals surface area contributed by atoms with E-state index in [0.29, 0.717) is 18.8 Å². The van der Waals surface area contributed by atoms with Gasteiger partial charge in [0.25, 0.3) is 0 Å². The lowest BCUT2D eigenvalue weighted by Gasteiger charge is -2.35. The molecule has 0 saturated carbocycles. The molecule has 0 aromatic heterocycles. The highest BCUT2D eigenvalue weighted by atomic mass is 16.4. The third kappa shape index (κ3) is 3.64. The molecule has 0 saturated heterocycles. The fourth-order valence-electron chi connectivity index (χ4n) is 3.63. The number of rotatable bonds is 5. The van der Waals surface area contributed by atoms with Crippen LogP contribution < -0.4 is 4.90 Å². The number of hydrogen-bond acceptors (Lipinski definition) is 2. The Morgan fingerprint density at radius 1 is 1.08 bits per heavy atom. The summed E-state index contributed by atoms with van der Waals surface area (Å²) in [7, 11) is 0. The van der Waals surface area contributed by atoms with Gasteiger partial charge < -0.3 is 10.0 Å². The van der Waals surface area contributed by atoms with Crippen molar-refractivity contribution in [3.05, 3.63) is 64.7 Å². The molecular formula is C22H25NO3. The van der Waals surface area contributed by atoms with Gasteiger partial charge in [0.2, 0.25) is 5.91 Å². The number of aromatic carboxylic acids is 1. The van der Waals surface area contributed by atoms with E-state index >= 15 is 0 Å². The molecule has 1 N–H and O–H groups in total. The molecule has 2 aromatic rings. The highest BCUT2D eigenvalue weighted by Crippen LogP contribution is 2.35. The van der Waals surface area contributed by atoms with E-state index in [2.05, 4.69) is 38.1 Å². The van der Waals surface area contributed by atoms with Crippen molar-refractivity contribution in [1.29, 1.82) is 0 Å². The van der Waals surface area contributed by atoms with Gasteiger partial charge in [0.15, 0.2) is 0 Å². The number of anilines is 1. The van der Waals surface area contributed by atoms with Crippen molar-refractivity contribution in [3.63, 3.8) is 0 Å². The van der Waals surface area contributed by atoms with Crippen molar-refractivity contribution in [2.24, 2.45) is 5.92 Å². The molecule has 4 heteroatoms. The minimum atomic E-state index is -0.940. The van der Waals surface area contributed by atoms with Gasteiger partial charge in [0.05, 0.1) is 11.6 Å². The van der Waals surface area contributed by atoms with E-state index in [-0.39, 0.29) is 17.5 Å². The molecule has 1 unspecified atom stereocenters. The van der Waals surface area contributed by atoms with Crippen LogP contribution in [-0.2, 0) is 17.6 Å². The van der Waals surface area contributed by atoms with Crippen LogP contribution in [0.25, 0.3) is 0 Å². The van der Waals surface area contributed by atoms with Crippen molar-refractivity contribution >= 4 is 17.6 Å². The van der Waals surface area contributed by atoms with E-state index in [1.54, 1.807) is 18.2 Å². The molecule has 0 radical (unpaired) electrons.